The van der Waals surface area contributed by atoms with Crippen molar-refractivity contribution in [1.29, 1.82) is 0 Å². The Bertz CT molecular complexity index is 398. The lowest BCUT2D eigenvalue weighted by molar-refractivity contribution is -0.143. The first kappa shape index (κ1) is 15.8. The predicted octanol–water partition coefficient (Wildman–Crippen LogP) is 3.39. The summed E-state index contributed by atoms with van der Waals surface area (Å²) in [5.41, 5.74) is 3.50. The molecule has 0 fully saturated rings. The molecule has 0 spiro atoms. The summed E-state index contributed by atoms with van der Waals surface area (Å²) in [4.78, 5) is 11.8. The van der Waals surface area contributed by atoms with Crippen molar-refractivity contribution in [1.82, 2.24) is 0 Å². The Kier molecular flexibility index (Phi) is 6.71. The van der Waals surface area contributed by atoms with Gasteiger partial charge in [-0.3, -0.25) is 0 Å². The zero-order chi connectivity index (χ0) is 14.3. The van der Waals surface area contributed by atoms with Gasteiger partial charge in [-0.2, -0.15) is 0 Å². The van der Waals surface area contributed by atoms with Gasteiger partial charge in [0.15, 0.2) is 0 Å². The number of anilines is 1. The molecule has 1 N–H and O–H groups in total. The van der Waals surface area contributed by atoms with E-state index in [1.54, 1.807) is 0 Å². The van der Waals surface area contributed by atoms with E-state index in [1.165, 1.54) is 11.1 Å². The Morgan fingerprint density at radius 2 is 1.89 bits per heavy atom. The highest BCUT2D eigenvalue weighted by atomic mass is 35.5. The predicted molar refractivity (Wildman–Crippen MR) is 80.0 cm³/mol. The highest BCUT2D eigenvalue weighted by molar-refractivity contribution is 6.18. The van der Waals surface area contributed by atoms with Crippen molar-refractivity contribution in [2.24, 2.45) is 0 Å². The van der Waals surface area contributed by atoms with Gasteiger partial charge in [0.2, 0.25) is 0 Å². The molecule has 0 saturated carbocycles. The lowest BCUT2D eigenvalue weighted by Gasteiger charge is -2.19. The van der Waals surface area contributed by atoms with Gasteiger partial charge in [-0.25, -0.2) is 4.79 Å². The van der Waals surface area contributed by atoms with Gasteiger partial charge in [-0.1, -0.05) is 32.0 Å². The number of carbonyl (C=O) groups is 1. The summed E-state index contributed by atoms with van der Waals surface area (Å²) in [6, 6.07) is 5.84. The number of alkyl halides is 1. The maximum Gasteiger partial charge on any atom is 0.328 e. The minimum atomic E-state index is -0.374. The van der Waals surface area contributed by atoms with E-state index in [-0.39, 0.29) is 18.6 Å². The second-order valence-corrected chi connectivity index (χ2v) is 4.76. The summed E-state index contributed by atoms with van der Waals surface area (Å²) in [7, 11) is 0. The second kappa shape index (κ2) is 8.05. The summed E-state index contributed by atoms with van der Waals surface area (Å²) in [6.45, 7) is 6.28. The Morgan fingerprint density at radius 3 is 2.37 bits per heavy atom. The number of hydrogen-bond donors (Lipinski definition) is 1. The van der Waals surface area contributed by atoms with E-state index in [0.717, 1.165) is 18.5 Å². The van der Waals surface area contributed by atoms with Gasteiger partial charge in [-0.05, 0) is 30.9 Å². The van der Waals surface area contributed by atoms with Crippen LogP contribution in [0.25, 0.3) is 0 Å². The molecule has 4 heteroatoms. The van der Waals surface area contributed by atoms with Crippen molar-refractivity contribution < 1.29 is 9.53 Å². The molecule has 0 saturated heterocycles. The van der Waals surface area contributed by atoms with E-state index in [0.29, 0.717) is 5.88 Å². The maximum atomic E-state index is 11.8. The Balaban J connectivity index is 2.82. The van der Waals surface area contributed by atoms with E-state index in [4.69, 9.17) is 16.3 Å². The minimum absolute atomic E-state index is 0.252. The normalized spacial score (nSPS) is 12.0. The van der Waals surface area contributed by atoms with Crippen LogP contribution in [0.1, 0.15) is 31.9 Å². The largest absolute Gasteiger partial charge is 0.463 e. The van der Waals surface area contributed by atoms with Gasteiger partial charge in [0.05, 0.1) is 5.88 Å². The van der Waals surface area contributed by atoms with Crippen molar-refractivity contribution in [3.8, 4) is 0 Å². The zero-order valence-electron chi connectivity index (χ0n) is 11.8. The van der Waals surface area contributed by atoms with Gasteiger partial charge >= 0.3 is 5.97 Å². The van der Waals surface area contributed by atoms with Crippen LogP contribution in [0.15, 0.2) is 18.2 Å². The summed E-state index contributed by atoms with van der Waals surface area (Å²) >= 11 is 5.51. The summed E-state index contributed by atoms with van der Waals surface area (Å²) in [5, 5.41) is 3.27. The highest BCUT2D eigenvalue weighted by Crippen LogP contribution is 2.23. The average molecular weight is 284 g/mol. The maximum absolute atomic E-state index is 11.8. The van der Waals surface area contributed by atoms with Crippen LogP contribution >= 0.6 is 11.6 Å². The quantitative estimate of drug-likeness (QED) is 0.616. The van der Waals surface area contributed by atoms with Crippen LogP contribution in [0.5, 0.6) is 0 Å². The van der Waals surface area contributed by atoms with Gasteiger partial charge in [0, 0.05) is 5.69 Å². The topological polar surface area (TPSA) is 38.3 Å². The molecule has 1 aromatic carbocycles. The van der Waals surface area contributed by atoms with Crippen molar-refractivity contribution in [3.63, 3.8) is 0 Å². The molecule has 1 unspecified atom stereocenters. The van der Waals surface area contributed by atoms with Gasteiger partial charge < -0.3 is 10.1 Å². The first-order chi connectivity index (χ1) is 9.13. The van der Waals surface area contributed by atoms with Crippen molar-refractivity contribution in [3.05, 3.63) is 29.3 Å². The molecule has 19 heavy (non-hydrogen) atoms. The minimum Gasteiger partial charge on any atom is -0.463 e. The molecule has 1 aromatic rings. The Hall–Kier alpha value is -1.22. The van der Waals surface area contributed by atoms with Crippen LogP contribution in [-0.4, -0.2) is 24.5 Å². The lowest BCUT2D eigenvalue weighted by Crippen LogP contribution is -2.29. The number of rotatable bonds is 7. The number of hydrogen-bond acceptors (Lipinski definition) is 3. The third-order valence-corrected chi connectivity index (χ3v) is 3.19. The number of para-hydroxylation sites is 1. The fraction of sp³-hybridized carbons (Fsp3) is 0.533. The molecule has 1 rings (SSSR count). The monoisotopic (exact) mass is 283 g/mol. The number of halogens is 1. The number of nitrogens with one attached hydrogen (secondary N) is 1. The van der Waals surface area contributed by atoms with Crippen molar-refractivity contribution in [2.45, 2.75) is 39.7 Å². The van der Waals surface area contributed by atoms with E-state index in [9.17, 15) is 4.79 Å². The van der Waals surface area contributed by atoms with Crippen LogP contribution in [0.4, 0.5) is 5.69 Å². The number of ether oxygens (including phenoxy) is 1. The fourth-order valence-electron chi connectivity index (χ4n) is 1.97. The summed E-state index contributed by atoms with van der Waals surface area (Å²) < 4.78 is 5.04. The standard InChI is InChI=1S/C15H22ClNO2/c1-4-12-7-6-8-13(5-2)14(12)17-11(3)15(18)19-10-9-16/h6-8,11,17H,4-5,9-10H2,1-3H3. The average Bonchev–Trinajstić information content (AvgIpc) is 2.44. The molecular formula is C15H22ClNO2. The van der Waals surface area contributed by atoms with Crippen LogP contribution in [0.3, 0.4) is 0 Å². The molecule has 0 radical (unpaired) electrons. The molecule has 1 atom stereocenters. The molecule has 0 aromatic heterocycles. The van der Waals surface area contributed by atoms with Gasteiger partial charge in [0.1, 0.15) is 12.6 Å². The van der Waals surface area contributed by atoms with Crippen molar-refractivity contribution in [2.75, 3.05) is 17.8 Å². The van der Waals surface area contributed by atoms with E-state index in [2.05, 4.69) is 37.4 Å². The lowest BCUT2D eigenvalue weighted by atomic mass is 10.0. The number of benzene rings is 1. The Labute approximate surface area is 120 Å². The van der Waals surface area contributed by atoms with Crippen LogP contribution < -0.4 is 5.32 Å². The molecule has 0 aliphatic carbocycles. The number of aryl methyl sites for hydroxylation is 2. The SMILES string of the molecule is CCc1cccc(CC)c1NC(C)C(=O)OCCCl. The molecular weight excluding hydrogens is 262 g/mol. The molecule has 0 amide bonds. The van der Waals surface area contributed by atoms with Crippen LogP contribution in [0, 0.1) is 0 Å². The summed E-state index contributed by atoms with van der Waals surface area (Å²) in [6.07, 6.45) is 1.86. The Morgan fingerprint density at radius 1 is 1.32 bits per heavy atom. The number of carbonyl (C=O) groups excluding carboxylic acids is 1. The molecule has 0 aliphatic rings. The summed E-state index contributed by atoms with van der Waals surface area (Å²) in [5.74, 6) is 0.0538. The van der Waals surface area contributed by atoms with Crippen LogP contribution in [-0.2, 0) is 22.4 Å². The molecule has 0 aliphatic heterocycles. The highest BCUT2D eigenvalue weighted by Gasteiger charge is 2.16. The third-order valence-electron chi connectivity index (χ3n) is 3.03. The fourth-order valence-corrected chi connectivity index (χ4v) is 2.04. The van der Waals surface area contributed by atoms with E-state index < -0.39 is 0 Å². The molecule has 0 heterocycles. The third kappa shape index (κ3) is 4.43. The first-order valence-electron chi connectivity index (χ1n) is 6.73. The van der Waals surface area contributed by atoms with Crippen molar-refractivity contribution >= 4 is 23.3 Å². The zero-order valence-corrected chi connectivity index (χ0v) is 12.6. The second-order valence-electron chi connectivity index (χ2n) is 4.38. The number of esters is 1. The van der Waals surface area contributed by atoms with E-state index >= 15 is 0 Å². The molecule has 106 valence electrons. The van der Waals surface area contributed by atoms with Gasteiger partial charge in [0.25, 0.3) is 0 Å². The first-order valence-corrected chi connectivity index (χ1v) is 7.27. The smallest absolute Gasteiger partial charge is 0.328 e. The van der Waals surface area contributed by atoms with E-state index in [1.807, 2.05) is 6.92 Å². The molecule has 3 nitrogen and oxygen atoms in total. The molecule has 0 bridgehead atoms. The van der Waals surface area contributed by atoms with Gasteiger partial charge in [-0.15, -0.1) is 11.6 Å². The van der Waals surface area contributed by atoms with Crippen LogP contribution in [0.2, 0.25) is 0 Å².